The molecule has 5 heteroatoms. The molecule has 0 atom stereocenters. The molecule has 92 valence electrons. The van der Waals surface area contributed by atoms with E-state index in [1.54, 1.807) is 25.4 Å². The molecule has 0 spiro atoms. The maximum atomic E-state index is 11.6. The van der Waals surface area contributed by atoms with Crippen molar-refractivity contribution in [2.45, 2.75) is 13.8 Å². The van der Waals surface area contributed by atoms with E-state index in [0.29, 0.717) is 18.0 Å². The van der Waals surface area contributed by atoms with Gasteiger partial charge >= 0.3 is 5.97 Å². The van der Waals surface area contributed by atoms with Crippen molar-refractivity contribution in [3.05, 3.63) is 42.1 Å². The van der Waals surface area contributed by atoms with Gasteiger partial charge in [0.2, 0.25) is 5.82 Å². The molecule has 0 saturated heterocycles. The maximum Gasteiger partial charge on any atom is 0.376 e. The Morgan fingerprint density at radius 2 is 2.22 bits per heavy atom. The number of pyridine rings is 1. The Kier molecular flexibility index (Phi) is 3.62. The first-order chi connectivity index (χ1) is 8.70. The van der Waals surface area contributed by atoms with E-state index in [4.69, 9.17) is 4.74 Å². The van der Waals surface area contributed by atoms with Crippen molar-refractivity contribution in [3.63, 3.8) is 0 Å². The highest BCUT2D eigenvalue weighted by Gasteiger charge is 2.13. The van der Waals surface area contributed by atoms with Gasteiger partial charge in [-0.25, -0.2) is 14.8 Å². The molecule has 0 bridgehead atoms. The third-order valence-corrected chi connectivity index (χ3v) is 2.27. The summed E-state index contributed by atoms with van der Waals surface area (Å²) in [7, 11) is 0. The maximum absolute atomic E-state index is 11.6. The summed E-state index contributed by atoms with van der Waals surface area (Å²) in [5, 5.41) is 0. The molecule has 0 amide bonds. The molecule has 18 heavy (non-hydrogen) atoms. The van der Waals surface area contributed by atoms with Crippen molar-refractivity contribution in [1.82, 2.24) is 15.0 Å². The highest BCUT2D eigenvalue weighted by molar-refractivity contribution is 5.85. The van der Waals surface area contributed by atoms with Crippen molar-refractivity contribution < 1.29 is 9.53 Å². The summed E-state index contributed by atoms with van der Waals surface area (Å²) < 4.78 is 4.89. The summed E-state index contributed by atoms with van der Waals surface area (Å²) in [6, 6.07) is 5.50. The molecule has 0 aliphatic heterocycles. The fraction of sp³-hybridized carbons (Fsp3) is 0.231. The third-order valence-electron chi connectivity index (χ3n) is 2.27. The minimum absolute atomic E-state index is 0.0794. The topological polar surface area (TPSA) is 65.0 Å². The zero-order chi connectivity index (χ0) is 13.0. The smallest absolute Gasteiger partial charge is 0.376 e. The van der Waals surface area contributed by atoms with E-state index in [2.05, 4.69) is 15.0 Å². The van der Waals surface area contributed by atoms with Crippen LogP contribution >= 0.6 is 0 Å². The lowest BCUT2D eigenvalue weighted by molar-refractivity contribution is 0.0512. The van der Waals surface area contributed by atoms with Crippen LogP contribution in [-0.4, -0.2) is 27.5 Å². The van der Waals surface area contributed by atoms with Gasteiger partial charge in [0.1, 0.15) is 0 Å². The van der Waals surface area contributed by atoms with Crippen LogP contribution in [0.4, 0.5) is 0 Å². The van der Waals surface area contributed by atoms with E-state index in [1.165, 1.54) is 0 Å². The Labute approximate surface area is 105 Å². The molecular weight excluding hydrogens is 230 g/mol. The average molecular weight is 243 g/mol. The normalized spacial score (nSPS) is 10.1. The molecule has 5 nitrogen and oxygen atoms in total. The molecule has 0 aromatic carbocycles. The van der Waals surface area contributed by atoms with E-state index < -0.39 is 5.97 Å². The quantitative estimate of drug-likeness (QED) is 0.772. The Hall–Kier alpha value is -2.30. The zero-order valence-corrected chi connectivity index (χ0v) is 10.3. The monoisotopic (exact) mass is 243 g/mol. The summed E-state index contributed by atoms with van der Waals surface area (Å²) >= 11 is 0. The van der Waals surface area contributed by atoms with Crippen molar-refractivity contribution in [2.24, 2.45) is 0 Å². The van der Waals surface area contributed by atoms with Crippen LogP contribution < -0.4 is 0 Å². The zero-order valence-electron chi connectivity index (χ0n) is 10.3. The number of hydrogen-bond donors (Lipinski definition) is 0. The molecule has 0 saturated carbocycles. The molecule has 0 aliphatic rings. The largest absolute Gasteiger partial charge is 0.460 e. The van der Waals surface area contributed by atoms with Crippen LogP contribution in [0.2, 0.25) is 0 Å². The van der Waals surface area contributed by atoms with Gasteiger partial charge in [0.05, 0.1) is 12.3 Å². The van der Waals surface area contributed by atoms with Crippen molar-refractivity contribution in [1.29, 1.82) is 0 Å². The van der Waals surface area contributed by atoms with Gasteiger partial charge < -0.3 is 4.74 Å². The highest BCUT2D eigenvalue weighted by Crippen LogP contribution is 2.16. The number of aryl methyl sites for hydroxylation is 1. The summed E-state index contributed by atoms with van der Waals surface area (Å²) in [4.78, 5) is 23.9. The van der Waals surface area contributed by atoms with E-state index in [1.807, 2.05) is 19.1 Å². The SMILES string of the molecule is CCOC(=O)c1nc(C)cc(-c2cccnc2)n1. The molecular formula is C13H13N3O2. The number of esters is 1. The van der Waals surface area contributed by atoms with Crippen LogP contribution in [0.25, 0.3) is 11.3 Å². The molecule has 2 aromatic heterocycles. The molecule has 2 rings (SSSR count). The first-order valence-electron chi connectivity index (χ1n) is 5.64. The standard InChI is InChI=1S/C13H13N3O2/c1-3-18-13(17)12-15-9(2)7-11(16-12)10-5-4-6-14-8-10/h4-8H,3H2,1-2H3. The number of hydrogen-bond acceptors (Lipinski definition) is 5. The summed E-state index contributed by atoms with van der Waals surface area (Å²) in [6.45, 7) is 3.86. The van der Waals surface area contributed by atoms with Crippen molar-refractivity contribution in [3.8, 4) is 11.3 Å². The van der Waals surface area contributed by atoms with Crippen LogP contribution in [0.15, 0.2) is 30.6 Å². The second-order valence-corrected chi connectivity index (χ2v) is 3.68. The molecule has 0 fully saturated rings. The lowest BCUT2D eigenvalue weighted by atomic mass is 10.2. The van der Waals surface area contributed by atoms with Gasteiger partial charge in [-0.3, -0.25) is 4.98 Å². The summed E-state index contributed by atoms with van der Waals surface area (Å²) in [6.07, 6.45) is 3.38. The molecule has 2 aromatic rings. The molecule has 0 radical (unpaired) electrons. The minimum Gasteiger partial charge on any atom is -0.460 e. The predicted molar refractivity (Wildman–Crippen MR) is 66.0 cm³/mol. The first-order valence-corrected chi connectivity index (χ1v) is 5.64. The van der Waals surface area contributed by atoms with Crippen LogP contribution in [0, 0.1) is 6.92 Å². The summed E-state index contributed by atoms with van der Waals surface area (Å²) in [5.41, 5.74) is 2.22. The Bertz CT molecular complexity index is 555. The Morgan fingerprint density at radius 1 is 1.39 bits per heavy atom. The van der Waals surface area contributed by atoms with Gasteiger partial charge in [0.15, 0.2) is 0 Å². The molecule has 0 N–H and O–H groups in total. The van der Waals surface area contributed by atoms with Gasteiger partial charge in [-0.15, -0.1) is 0 Å². The third kappa shape index (κ3) is 2.68. The lowest BCUT2D eigenvalue weighted by Gasteiger charge is -2.05. The van der Waals surface area contributed by atoms with E-state index in [0.717, 1.165) is 5.56 Å². The fourth-order valence-corrected chi connectivity index (χ4v) is 1.52. The van der Waals surface area contributed by atoms with Crippen LogP contribution in [-0.2, 0) is 4.74 Å². The number of nitrogens with zero attached hydrogens (tertiary/aromatic N) is 3. The van der Waals surface area contributed by atoms with Crippen molar-refractivity contribution >= 4 is 5.97 Å². The van der Waals surface area contributed by atoms with Gasteiger partial charge in [0, 0.05) is 23.7 Å². The second kappa shape index (κ2) is 5.35. The van der Waals surface area contributed by atoms with Crippen LogP contribution in [0.1, 0.15) is 23.2 Å². The van der Waals surface area contributed by atoms with Gasteiger partial charge in [-0.1, -0.05) is 0 Å². The lowest BCUT2D eigenvalue weighted by Crippen LogP contribution is -2.11. The van der Waals surface area contributed by atoms with E-state index >= 15 is 0 Å². The second-order valence-electron chi connectivity index (χ2n) is 3.68. The van der Waals surface area contributed by atoms with Crippen molar-refractivity contribution in [2.75, 3.05) is 6.61 Å². The Balaban J connectivity index is 2.41. The predicted octanol–water partition coefficient (Wildman–Crippen LogP) is 2.02. The number of aromatic nitrogens is 3. The molecule has 0 unspecified atom stereocenters. The van der Waals surface area contributed by atoms with Gasteiger partial charge in [0.25, 0.3) is 0 Å². The number of carbonyl (C=O) groups is 1. The van der Waals surface area contributed by atoms with E-state index in [-0.39, 0.29) is 5.82 Å². The van der Waals surface area contributed by atoms with Gasteiger partial charge in [-0.05, 0) is 32.0 Å². The number of rotatable bonds is 3. The number of carbonyl (C=O) groups excluding carboxylic acids is 1. The molecule has 2 heterocycles. The van der Waals surface area contributed by atoms with Gasteiger partial charge in [-0.2, -0.15) is 0 Å². The minimum atomic E-state index is -0.508. The Morgan fingerprint density at radius 3 is 2.89 bits per heavy atom. The molecule has 0 aliphatic carbocycles. The van der Waals surface area contributed by atoms with Crippen LogP contribution in [0.3, 0.4) is 0 Å². The highest BCUT2D eigenvalue weighted by atomic mass is 16.5. The summed E-state index contributed by atoms with van der Waals surface area (Å²) in [5.74, 6) is -0.429. The van der Waals surface area contributed by atoms with E-state index in [9.17, 15) is 4.79 Å². The average Bonchev–Trinajstić information content (AvgIpc) is 2.39. The first kappa shape index (κ1) is 12.2. The number of ether oxygens (including phenoxy) is 1. The fourth-order valence-electron chi connectivity index (χ4n) is 1.52. The van der Waals surface area contributed by atoms with Crippen LogP contribution in [0.5, 0.6) is 0 Å².